The van der Waals surface area contributed by atoms with E-state index in [4.69, 9.17) is 56.8 Å². The van der Waals surface area contributed by atoms with Crippen LogP contribution in [0.3, 0.4) is 0 Å². The van der Waals surface area contributed by atoms with Crippen molar-refractivity contribution in [3.63, 3.8) is 0 Å². The number of ether oxygens (including phenoxy) is 12. The number of fused-ring (bicyclic) bond motifs is 5. The number of allylic oxidation sites excluding steroid dienone is 2. The van der Waals surface area contributed by atoms with Crippen LogP contribution in [0.15, 0.2) is 23.3 Å². The van der Waals surface area contributed by atoms with Gasteiger partial charge in [0, 0.05) is 63.9 Å². The van der Waals surface area contributed by atoms with Crippen LogP contribution < -0.4 is 0 Å². The number of rotatable bonds is 14. The summed E-state index contributed by atoms with van der Waals surface area (Å²) in [5.74, 6) is -0.731. The maximum absolute atomic E-state index is 13.3. The van der Waals surface area contributed by atoms with Crippen LogP contribution in [-0.4, -0.2) is 165 Å². The number of aliphatic hydroxyl groups is 3. The van der Waals surface area contributed by atoms with Gasteiger partial charge in [0.25, 0.3) is 0 Å². The normalized spacial score (nSPS) is 49.8. The van der Waals surface area contributed by atoms with Crippen molar-refractivity contribution in [1.82, 2.24) is 0 Å². The van der Waals surface area contributed by atoms with Crippen molar-refractivity contribution in [2.45, 2.75) is 249 Å². The van der Waals surface area contributed by atoms with Gasteiger partial charge >= 0.3 is 5.97 Å². The maximum Gasteiger partial charge on any atom is 0.333 e. The fourth-order valence-electron chi connectivity index (χ4n) is 14.2. The van der Waals surface area contributed by atoms with Gasteiger partial charge in [-0.3, -0.25) is 4.79 Å². The predicted octanol–water partition coefficient (Wildman–Crippen LogP) is 5.60. The Kier molecular flexibility index (Phi) is 16.9. The van der Waals surface area contributed by atoms with Gasteiger partial charge in [-0.15, -0.1) is 0 Å². The zero-order chi connectivity index (χ0) is 50.6. The number of methoxy groups -OCH3 is 3. The lowest BCUT2D eigenvalue weighted by atomic mass is 9.45. The van der Waals surface area contributed by atoms with Crippen molar-refractivity contribution in [3.8, 4) is 0 Å². The van der Waals surface area contributed by atoms with E-state index in [9.17, 15) is 24.9 Å². The highest BCUT2D eigenvalue weighted by Gasteiger charge is 2.71. The smallest absolute Gasteiger partial charge is 0.333 e. The molecule has 7 fully saturated rings. The number of carbonyl (C=O) groups is 2. The van der Waals surface area contributed by atoms with E-state index >= 15 is 0 Å². The molecule has 4 heterocycles. The molecule has 17 heteroatoms. The molecule has 70 heavy (non-hydrogen) atoms. The molecule has 17 nitrogen and oxygen atoms in total. The average Bonchev–Trinajstić information content (AvgIpc) is 3.61. The van der Waals surface area contributed by atoms with Crippen LogP contribution >= 0.6 is 0 Å². The van der Waals surface area contributed by atoms with Gasteiger partial charge in [0.1, 0.15) is 36.3 Å². The van der Waals surface area contributed by atoms with E-state index in [1.165, 1.54) is 5.57 Å². The molecule has 0 spiro atoms. The molecule has 0 aromatic rings. The first-order chi connectivity index (χ1) is 33.2. The summed E-state index contributed by atoms with van der Waals surface area (Å²) in [6, 6.07) is 0. The van der Waals surface area contributed by atoms with E-state index in [1.54, 1.807) is 48.2 Å². The molecule has 0 radical (unpaired) electrons. The van der Waals surface area contributed by atoms with Gasteiger partial charge in [-0.2, -0.15) is 0 Å². The number of ketones is 1. The molecule has 398 valence electrons. The second-order valence-electron chi connectivity index (χ2n) is 22.3. The summed E-state index contributed by atoms with van der Waals surface area (Å²) in [5.41, 5.74) is -0.443. The van der Waals surface area contributed by atoms with Gasteiger partial charge < -0.3 is 72.2 Å². The summed E-state index contributed by atoms with van der Waals surface area (Å²) in [6.45, 7) is 17.0. The summed E-state index contributed by atoms with van der Waals surface area (Å²) in [6.07, 6.45) is 0.648. The largest absolute Gasteiger partial charge is 0.458 e. The Balaban J connectivity index is 0.857. The van der Waals surface area contributed by atoms with Crippen LogP contribution in [0.4, 0.5) is 0 Å². The third-order valence-electron chi connectivity index (χ3n) is 18.5. The summed E-state index contributed by atoms with van der Waals surface area (Å²) >= 11 is 0. The molecule has 0 amide bonds. The molecule has 0 aromatic heterocycles. The Labute approximate surface area is 414 Å². The van der Waals surface area contributed by atoms with E-state index in [1.807, 2.05) is 34.6 Å². The zero-order valence-corrected chi connectivity index (χ0v) is 43.6. The molecule has 24 unspecified atom stereocenters. The fourth-order valence-corrected chi connectivity index (χ4v) is 14.2. The zero-order valence-electron chi connectivity index (χ0n) is 43.6. The van der Waals surface area contributed by atoms with E-state index in [0.29, 0.717) is 50.5 Å². The number of aliphatic hydroxyl groups excluding tert-OH is 2. The first-order valence-corrected chi connectivity index (χ1v) is 26.1. The molecule has 4 aliphatic heterocycles. The highest BCUT2D eigenvalue weighted by atomic mass is 16.8. The average molecular weight is 993 g/mol. The van der Waals surface area contributed by atoms with Gasteiger partial charge in [-0.1, -0.05) is 31.6 Å². The number of hydrogen-bond acceptors (Lipinski definition) is 17. The van der Waals surface area contributed by atoms with E-state index < -0.39 is 103 Å². The van der Waals surface area contributed by atoms with Crippen molar-refractivity contribution in [3.05, 3.63) is 23.3 Å². The van der Waals surface area contributed by atoms with Crippen molar-refractivity contribution in [2.24, 2.45) is 28.6 Å². The van der Waals surface area contributed by atoms with Crippen LogP contribution in [0, 0.1) is 28.6 Å². The van der Waals surface area contributed by atoms with Gasteiger partial charge in [0.15, 0.2) is 25.2 Å². The lowest BCUT2D eigenvalue weighted by molar-refractivity contribution is -0.347. The lowest BCUT2D eigenvalue weighted by Gasteiger charge is -2.63. The molecule has 0 aromatic carbocycles. The van der Waals surface area contributed by atoms with Crippen molar-refractivity contribution in [1.29, 1.82) is 0 Å². The maximum atomic E-state index is 13.3. The molecule has 0 bridgehead atoms. The predicted molar refractivity (Wildman–Crippen MR) is 252 cm³/mol. The molecular formula is C53H84O17. The van der Waals surface area contributed by atoms with Crippen LogP contribution in [0.2, 0.25) is 0 Å². The highest BCUT2D eigenvalue weighted by molar-refractivity contribution is 5.88. The Morgan fingerprint density at radius 1 is 0.686 bits per heavy atom. The second-order valence-corrected chi connectivity index (χ2v) is 22.3. The minimum Gasteiger partial charge on any atom is -0.458 e. The van der Waals surface area contributed by atoms with Crippen molar-refractivity contribution in [2.75, 3.05) is 21.3 Å². The third kappa shape index (κ3) is 10.1. The topological polar surface area (TPSA) is 206 Å². The SMILES string of the molecule is CC=C(C)C(=O)OC1CC2C(CC=C3CC(OC4CC(OC)C(OC5CC(OC)C(OC6CC(OC)C(OC7CC(O)C(O)C(C)O7)C(C)O6)C(C)O5)C(C)O4)CCC32C)C2(O)CCC(C(C)=O)C12C. The monoisotopic (exact) mass is 993 g/mol. The first kappa shape index (κ1) is 54.3. The van der Waals surface area contributed by atoms with Crippen LogP contribution in [0.5, 0.6) is 0 Å². The molecular weight excluding hydrogens is 909 g/mol. The molecule has 8 rings (SSSR count). The minimum absolute atomic E-state index is 0.0398. The van der Waals surface area contributed by atoms with Gasteiger partial charge in [0.2, 0.25) is 0 Å². The van der Waals surface area contributed by atoms with Gasteiger partial charge in [-0.25, -0.2) is 4.79 Å². The van der Waals surface area contributed by atoms with E-state index in [0.717, 1.165) is 19.3 Å². The first-order valence-electron chi connectivity index (χ1n) is 26.1. The molecule has 3 N–H and O–H groups in total. The number of carbonyl (C=O) groups excluding carboxylic acids is 2. The summed E-state index contributed by atoms with van der Waals surface area (Å²) in [5, 5.41) is 33.3. The van der Waals surface area contributed by atoms with Crippen LogP contribution in [-0.2, 0) is 66.4 Å². The standard InChI is InChI=1S/C53H84O17/c1-13-26(2)50(57)67-41-21-36-35(53(58)19-17-34(27(3)54)52(41,53)9)15-14-32-20-33(16-18-51(32,36)8)66-43-23-38(59-10)48(29(5)63-43)69-45-25-40(61-12)49(31(7)65-45)70-44-24-39(60-11)47(30(6)64-44)68-42-22-37(55)46(56)28(4)62-42/h13-14,28-31,33-49,55-56,58H,15-25H2,1-12H3. The number of esters is 1. The minimum atomic E-state index is -1.15. The Hall–Kier alpha value is -1.94. The summed E-state index contributed by atoms with van der Waals surface area (Å²) < 4.78 is 75.8. The summed E-state index contributed by atoms with van der Waals surface area (Å²) in [4.78, 5) is 26.5. The Morgan fingerprint density at radius 2 is 1.19 bits per heavy atom. The molecule has 4 aliphatic carbocycles. The quantitative estimate of drug-likeness (QED) is 0.110. The number of hydrogen-bond donors (Lipinski definition) is 3. The highest BCUT2D eigenvalue weighted by Crippen LogP contribution is 2.68. The fraction of sp³-hybridized carbons (Fsp3) is 0.887. The van der Waals surface area contributed by atoms with Crippen molar-refractivity contribution >= 4 is 11.8 Å². The van der Waals surface area contributed by atoms with Gasteiger partial charge in [-0.05, 0) is 111 Å². The van der Waals surface area contributed by atoms with E-state index in [-0.39, 0.29) is 59.8 Å². The third-order valence-corrected chi connectivity index (χ3v) is 18.5. The second kappa shape index (κ2) is 21.7. The molecule has 8 aliphatic rings. The van der Waals surface area contributed by atoms with E-state index in [2.05, 4.69) is 13.0 Å². The van der Waals surface area contributed by atoms with Crippen LogP contribution in [0.25, 0.3) is 0 Å². The molecule has 3 saturated carbocycles. The Morgan fingerprint density at radius 3 is 1.67 bits per heavy atom. The lowest BCUT2D eigenvalue weighted by Crippen LogP contribution is -2.66. The van der Waals surface area contributed by atoms with Crippen LogP contribution in [0.1, 0.15) is 133 Å². The Bertz CT molecular complexity index is 1880. The molecule has 24 atom stereocenters. The summed E-state index contributed by atoms with van der Waals surface area (Å²) in [7, 11) is 4.94. The van der Waals surface area contributed by atoms with Gasteiger partial charge in [0.05, 0.1) is 60.5 Å². The van der Waals surface area contributed by atoms with Crippen molar-refractivity contribution < 1.29 is 81.8 Å². The number of Topliss-reactive ketones (excluding diaryl/α,β-unsaturated/α-hetero) is 1. The molecule has 4 saturated heterocycles.